The second kappa shape index (κ2) is 6.61. The maximum absolute atomic E-state index is 12.5. The Hall–Kier alpha value is -2.04. The van der Waals surface area contributed by atoms with Crippen LogP contribution in [0.5, 0.6) is 0 Å². The van der Waals surface area contributed by atoms with Gasteiger partial charge in [0.15, 0.2) is 0 Å². The smallest absolute Gasteiger partial charge is 0.228 e. The maximum atomic E-state index is 12.5. The number of hydrogen-bond donors (Lipinski definition) is 0. The van der Waals surface area contributed by atoms with Crippen LogP contribution >= 0.6 is 0 Å². The fraction of sp³-hybridized carbons (Fsp3) is 0.500. The summed E-state index contributed by atoms with van der Waals surface area (Å²) in [6.07, 6.45) is 1.87. The van der Waals surface area contributed by atoms with Crippen LogP contribution in [0.15, 0.2) is 35.0 Å². The summed E-state index contributed by atoms with van der Waals surface area (Å²) >= 11 is 0. The van der Waals surface area contributed by atoms with Crippen molar-refractivity contribution in [2.75, 3.05) is 19.6 Å². The van der Waals surface area contributed by atoms with Crippen molar-refractivity contribution in [1.82, 2.24) is 9.80 Å². The molecule has 0 saturated carbocycles. The summed E-state index contributed by atoms with van der Waals surface area (Å²) in [6.45, 7) is 9.78. The molecule has 0 radical (unpaired) electrons. The Morgan fingerprint density at radius 3 is 2.90 bits per heavy atom. The molecule has 2 rings (SSSR count). The predicted molar refractivity (Wildman–Crippen MR) is 79.3 cm³/mol. The molecule has 2 heterocycles. The van der Waals surface area contributed by atoms with E-state index in [2.05, 4.69) is 6.58 Å². The monoisotopic (exact) mass is 290 g/mol. The van der Waals surface area contributed by atoms with Crippen LogP contribution in [0.1, 0.15) is 26.0 Å². The van der Waals surface area contributed by atoms with Gasteiger partial charge in [-0.1, -0.05) is 12.2 Å². The van der Waals surface area contributed by atoms with Crippen LogP contribution in [0, 0.1) is 5.92 Å². The van der Waals surface area contributed by atoms with Crippen LogP contribution < -0.4 is 0 Å². The third-order valence-electron chi connectivity index (χ3n) is 3.64. The zero-order valence-electron chi connectivity index (χ0n) is 12.7. The number of carbonyl (C=O) groups excluding carboxylic acids is 2. The lowest BCUT2D eigenvalue weighted by Gasteiger charge is -2.24. The van der Waals surface area contributed by atoms with Gasteiger partial charge in [0.25, 0.3) is 0 Å². The summed E-state index contributed by atoms with van der Waals surface area (Å²) in [7, 11) is 0. The summed E-state index contributed by atoms with van der Waals surface area (Å²) < 4.78 is 5.26. The summed E-state index contributed by atoms with van der Waals surface area (Å²) in [5, 5.41) is 0. The number of likely N-dealkylation sites (tertiary alicyclic amines) is 1. The minimum absolute atomic E-state index is 0.0103. The van der Waals surface area contributed by atoms with E-state index in [9.17, 15) is 9.59 Å². The van der Waals surface area contributed by atoms with Gasteiger partial charge in [0.1, 0.15) is 5.76 Å². The lowest BCUT2D eigenvalue weighted by Crippen LogP contribution is -2.38. The molecule has 5 nitrogen and oxygen atoms in total. The molecule has 1 aliphatic rings. The molecule has 5 heteroatoms. The molecule has 21 heavy (non-hydrogen) atoms. The van der Waals surface area contributed by atoms with Crippen molar-refractivity contribution in [3.63, 3.8) is 0 Å². The first-order valence-electron chi connectivity index (χ1n) is 7.24. The van der Waals surface area contributed by atoms with Gasteiger partial charge in [-0.15, -0.1) is 0 Å². The minimum Gasteiger partial charge on any atom is -0.467 e. The first-order valence-corrected chi connectivity index (χ1v) is 7.24. The van der Waals surface area contributed by atoms with Crippen LogP contribution in [0.2, 0.25) is 0 Å². The largest absolute Gasteiger partial charge is 0.467 e. The molecule has 1 fully saturated rings. The molecular formula is C16H22N2O3. The van der Waals surface area contributed by atoms with Crippen molar-refractivity contribution in [1.29, 1.82) is 0 Å². The van der Waals surface area contributed by atoms with Crippen molar-refractivity contribution in [3.8, 4) is 0 Å². The molecule has 0 bridgehead atoms. The molecule has 0 aliphatic carbocycles. The first kappa shape index (κ1) is 15.4. The average molecular weight is 290 g/mol. The van der Waals surface area contributed by atoms with Crippen LogP contribution in [-0.4, -0.2) is 41.2 Å². The Bertz CT molecular complexity index is 522. The van der Waals surface area contributed by atoms with Crippen LogP contribution in [0.4, 0.5) is 0 Å². The topological polar surface area (TPSA) is 53.8 Å². The highest BCUT2D eigenvalue weighted by Gasteiger charge is 2.36. The van der Waals surface area contributed by atoms with Gasteiger partial charge in [-0.05, 0) is 26.0 Å². The van der Waals surface area contributed by atoms with Crippen molar-refractivity contribution < 1.29 is 14.0 Å². The Balaban J connectivity index is 1.97. The lowest BCUT2D eigenvalue weighted by molar-refractivity contribution is -0.135. The van der Waals surface area contributed by atoms with Crippen LogP contribution in [0.3, 0.4) is 0 Å². The standard InChI is InChI=1S/C16H22N2O3/c1-4-17(9-12(2)3)16(20)13-8-15(19)18(10-13)11-14-6-5-7-21-14/h5-7,13H,2,4,8-11H2,1,3H3. The van der Waals surface area contributed by atoms with E-state index in [4.69, 9.17) is 4.42 Å². The highest BCUT2D eigenvalue weighted by Crippen LogP contribution is 2.22. The average Bonchev–Trinajstić information content (AvgIpc) is 3.06. The third kappa shape index (κ3) is 3.74. The van der Waals surface area contributed by atoms with E-state index in [1.807, 2.05) is 19.9 Å². The quantitative estimate of drug-likeness (QED) is 0.754. The van der Waals surface area contributed by atoms with E-state index in [1.165, 1.54) is 0 Å². The summed E-state index contributed by atoms with van der Waals surface area (Å²) in [4.78, 5) is 28.0. The second-order valence-electron chi connectivity index (χ2n) is 5.56. The Morgan fingerprint density at radius 1 is 1.57 bits per heavy atom. The number of nitrogens with zero attached hydrogens (tertiary/aromatic N) is 2. The van der Waals surface area contributed by atoms with Crippen LogP contribution in [-0.2, 0) is 16.1 Å². The van der Waals surface area contributed by atoms with Gasteiger partial charge in [0.05, 0.1) is 18.7 Å². The fourth-order valence-corrected chi connectivity index (χ4v) is 2.61. The number of hydrogen-bond acceptors (Lipinski definition) is 3. The van der Waals surface area contributed by atoms with Gasteiger partial charge in [-0.3, -0.25) is 9.59 Å². The van der Waals surface area contributed by atoms with Gasteiger partial charge in [0, 0.05) is 26.1 Å². The summed E-state index contributed by atoms with van der Waals surface area (Å²) in [5.41, 5.74) is 0.946. The maximum Gasteiger partial charge on any atom is 0.228 e. The van der Waals surface area contributed by atoms with Gasteiger partial charge in [0.2, 0.25) is 11.8 Å². The number of rotatable bonds is 6. The predicted octanol–water partition coefficient (Wildman–Crippen LogP) is 2.05. The molecule has 0 aromatic carbocycles. The zero-order chi connectivity index (χ0) is 15.4. The molecule has 1 aromatic heterocycles. The zero-order valence-corrected chi connectivity index (χ0v) is 12.7. The van der Waals surface area contributed by atoms with Gasteiger partial charge in [-0.25, -0.2) is 0 Å². The first-order chi connectivity index (χ1) is 10.0. The molecule has 1 unspecified atom stereocenters. The minimum atomic E-state index is -0.258. The van der Waals surface area contributed by atoms with E-state index in [-0.39, 0.29) is 24.2 Å². The SMILES string of the molecule is C=C(C)CN(CC)C(=O)C1CC(=O)N(Cc2ccco2)C1. The molecule has 0 N–H and O–H groups in total. The van der Waals surface area contributed by atoms with E-state index < -0.39 is 0 Å². The molecule has 0 spiro atoms. The molecule has 114 valence electrons. The van der Waals surface area contributed by atoms with E-state index in [1.54, 1.807) is 22.1 Å². The Kier molecular flexibility index (Phi) is 4.83. The summed E-state index contributed by atoms with van der Waals surface area (Å²) in [5.74, 6) is 0.532. The highest BCUT2D eigenvalue weighted by atomic mass is 16.3. The van der Waals surface area contributed by atoms with Gasteiger partial charge < -0.3 is 14.2 Å². The van der Waals surface area contributed by atoms with E-state index >= 15 is 0 Å². The number of furan rings is 1. The van der Waals surface area contributed by atoms with Crippen molar-refractivity contribution in [2.45, 2.75) is 26.8 Å². The van der Waals surface area contributed by atoms with E-state index in [0.717, 1.165) is 11.3 Å². The lowest BCUT2D eigenvalue weighted by atomic mass is 10.1. The highest BCUT2D eigenvalue weighted by molar-refractivity contribution is 5.89. The fourth-order valence-electron chi connectivity index (χ4n) is 2.61. The normalized spacial score (nSPS) is 18.1. The van der Waals surface area contributed by atoms with Crippen LogP contribution in [0.25, 0.3) is 0 Å². The Morgan fingerprint density at radius 2 is 2.33 bits per heavy atom. The van der Waals surface area contributed by atoms with Gasteiger partial charge in [-0.2, -0.15) is 0 Å². The molecule has 1 aromatic rings. The van der Waals surface area contributed by atoms with Crippen molar-refractivity contribution in [2.24, 2.45) is 5.92 Å². The molecule has 1 aliphatic heterocycles. The second-order valence-corrected chi connectivity index (χ2v) is 5.56. The third-order valence-corrected chi connectivity index (χ3v) is 3.64. The molecule has 2 amide bonds. The Labute approximate surface area is 125 Å². The van der Waals surface area contributed by atoms with Crippen molar-refractivity contribution >= 4 is 11.8 Å². The number of carbonyl (C=O) groups is 2. The number of amides is 2. The number of likely N-dealkylation sites (N-methyl/N-ethyl adjacent to an activating group) is 1. The van der Waals surface area contributed by atoms with Crippen molar-refractivity contribution in [3.05, 3.63) is 36.3 Å². The molecule has 1 atom stereocenters. The van der Waals surface area contributed by atoms with Gasteiger partial charge >= 0.3 is 0 Å². The molecule has 1 saturated heterocycles. The molecular weight excluding hydrogens is 268 g/mol. The summed E-state index contributed by atoms with van der Waals surface area (Å²) in [6, 6.07) is 3.63. The van der Waals surface area contributed by atoms with E-state index in [0.29, 0.717) is 26.2 Å².